The number of hydrogen-bond acceptors (Lipinski definition) is 16. The largest absolute Gasteiger partial charge is 0.336 e. The lowest BCUT2D eigenvalue weighted by Crippen LogP contribution is -2.50. The Labute approximate surface area is 295 Å². The lowest BCUT2D eigenvalue weighted by atomic mass is 10.4. The first kappa shape index (κ1) is 36.3. The fraction of sp³-hybridized carbons (Fsp3) is 0.364. The maximum atomic E-state index is 13.5. The van der Waals surface area contributed by atoms with Crippen molar-refractivity contribution in [3.63, 3.8) is 0 Å². The molecule has 0 aromatic carbocycles. The molecule has 0 saturated heterocycles. The van der Waals surface area contributed by atoms with Gasteiger partial charge in [0.15, 0.2) is 0 Å². The van der Waals surface area contributed by atoms with Gasteiger partial charge in [0.05, 0.1) is 0 Å². The SMILES string of the molecule is O=C(NCCN(CCN(CCN(CCNC(=O)Nc1nnn[nH]1)C(=O)Nc1nnc[nH]1)C(=O)Nc1nnc[nH]1)C(=O)Nc1nnc[nH]1)Nc1nnc[nH]1. The van der Waals surface area contributed by atoms with E-state index in [1.807, 2.05) is 0 Å². The molecule has 31 nitrogen and oxygen atoms in total. The summed E-state index contributed by atoms with van der Waals surface area (Å²) in [4.78, 5) is 79.1. The summed E-state index contributed by atoms with van der Waals surface area (Å²) in [6, 6.07) is -3.19. The number of nitrogens with zero attached hydrogens (tertiary/aromatic N) is 14. The van der Waals surface area contributed by atoms with Gasteiger partial charge in [0.25, 0.3) is 0 Å². The van der Waals surface area contributed by atoms with E-state index in [1.165, 1.54) is 40.0 Å². The molecule has 10 amide bonds. The number of aromatic nitrogens is 16. The Morgan fingerprint density at radius 1 is 0.472 bits per heavy atom. The van der Waals surface area contributed by atoms with Crippen LogP contribution in [0.5, 0.6) is 0 Å². The second kappa shape index (κ2) is 18.7. The Bertz CT molecular complexity index is 1720. The Hall–Kier alpha value is -8.02. The fourth-order valence-electron chi connectivity index (χ4n) is 4.16. The van der Waals surface area contributed by atoms with E-state index in [0.717, 1.165) is 0 Å². The molecule has 280 valence electrons. The fourth-order valence-corrected chi connectivity index (χ4v) is 4.16. The van der Waals surface area contributed by atoms with Crippen molar-refractivity contribution < 1.29 is 24.0 Å². The van der Waals surface area contributed by atoms with Crippen LogP contribution in [0.1, 0.15) is 0 Å². The summed E-state index contributed by atoms with van der Waals surface area (Å²) in [5.41, 5.74) is 0. The van der Waals surface area contributed by atoms with Gasteiger partial charge >= 0.3 is 30.2 Å². The van der Waals surface area contributed by atoms with E-state index in [4.69, 9.17) is 0 Å². The molecule has 0 aliphatic heterocycles. The van der Waals surface area contributed by atoms with Crippen molar-refractivity contribution in [3.05, 3.63) is 25.3 Å². The molecule has 0 radical (unpaired) electrons. The Kier molecular flexibility index (Phi) is 12.8. The highest BCUT2D eigenvalue weighted by molar-refractivity contribution is 5.90. The van der Waals surface area contributed by atoms with Gasteiger partial charge in [-0.1, -0.05) is 5.10 Å². The first-order valence-electron chi connectivity index (χ1n) is 15.3. The topological polar surface area (TPSA) is 400 Å². The lowest BCUT2D eigenvalue weighted by Gasteiger charge is -2.30. The average Bonchev–Trinajstić information content (AvgIpc) is 3.98. The molecule has 0 spiro atoms. The summed E-state index contributed by atoms with van der Waals surface area (Å²) in [5.74, 6) is 0.273. The first-order chi connectivity index (χ1) is 25.8. The maximum Gasteiger partial charge on any atom is 0.324 e. The Morgan fingerprint density at radius 3 is 1.17 bits per heavy atom. The van der Waals surface area contributed by atoms with Gasteiger partial charge in [-0.05, 0) is 10.4 Å². The average molecular weight is 741 g/mol. The predicted molar refractivity (Wildman–Crippen MR) is 176 cm³/mol. The standard InChI is InChI=1S/C22H32N26O5/c49-18(33-13-25-9-29-38-13)23-1-3-46(20(51)35-14-26-10-30-39-14)5-7-48(22(53)37-16-28-12-32-41-16)8-6-47(21(52)36-15-27-11-31-40-15)4-2-24-19(50)34-17-42-44-45-43-17/h9-12H,1-8H2,(H2,26,30,35,39,51)(H2,27,31,36,40,52)(H2,28,32,37,41,53)(H3,23,25,29,33,38,49)(H3,24,34,42,43,44,45,50). The normalized spacial score (nSPS) is 10.5. The number of urea groups is 5. The van der Waals surface area contributed by atoms with Crippen LogP contribution in [-0.4, -0.2) is 179 Å². The van der Waals surface area contributed by atoms with E-state index in [-0.39, 0.29) is 82.1 Å². The number of H-pyrrole nitrogens is 5. The van der Waals surface area contributed by atoms with Gasteiger partial charge in [0, 0.05) is 52.4 Å². The van der Waals surface area contributed by atoms with Gasteiger partial charge in [-0.15, -0.1) is 40.8 Å². The smallest absolute Gasteiger partial charge is 0.324 e. The highest BCUT2D eigenvalue weighted by atomic mass is 16.2. The third-order valence-corrected chi connectivity index (χ3v) is 6.63. The van der Waals surface area contributed by atoms with E-state index >= 15 is 0 Å². The highest BCUT2D eigenvalue weighted by Crippen LogP contribution is 2.05. The monoisotopic (exact) mass is 740 g/mol. The number of nitrogens with one attached hydrogen (secondary N) is 12. The molecular weight excluding hydrogens is 708 g/mol. The molecule has 5 aromatic heterocycles. The van der Waals surface area contributed by atoms with Gasteiger partial charge in [-0.3, -0.25) is 26.6 Å². The van der Waals surface area contributed by atoms with Crippen LogP contribution in [-0.2, 0) is 0 Å². The van der Waals surface area contributed by atoms with Crippen molar-refractivity contribution in [1.82, 2.24) is 107 Å². The number of rotatable bonds is 17. The molecule has 0 bridgehead atoms. The van der Waals surface area contributed by atoms with Crippen molar-refractivity contribution in [2.75, 3.05) is 78.9 Å². The minimum Gasteiger partial charge on any atom is -0.336 e. The third-order valence-electron chi connectivity index (χ3n) is 6.63. The van der Waals surface area contributed by atoms with Crippen molar-refractivity contribution in [1.29, 1.82) is 0 Å². The highest BCUT2D eigenvalue weighted by Gasteiger charge is 2.23. The van der Waals surface area contributed by atoms with Crippen molar-refractivity contribution in [3.8, 4) is 0 Å². The predicted octanol–water partition coefficient (Wildman–Crippen LogP) is -2.78. The third kappa shape index (κ3) is 11.8. The van der Waals surface area contributed by atoms with Crippen LogP contribution >= 0.6 is 0 Å². The molecular formula is C22H32N26O5. The number of aromatic amines is 5. The van der Waals surface area contributed by atoms with Crippen LogP contribution in [0.4, 0.5) is 53.7 Å². The van der Waals surface area contributed by atoms with Gasteiger partial charge in [-0.2, -0.15) is 0 Å². The van der Waals surface area contributed by atoms with Crippen LogP contribution in [0.2, 0.25) is 0 Å². The minimum atomic E-state index is -0.657. The van der Waals surface area contributed by atoms with Crippen molar-refractivity contribution in [2.45, 2.75) is 0 Å². The van der Waals surface area contributed by atoms with Gasteiger partial charge < -0.3 is 45.3 Å². The van der Waals surface area contributed by atoms with Crippen LogP contribution in [0.25, 0.3) is 0 Å². The molecule has 5 heterocycles. The number of amides is 10. The molecule has 0 fully saturated rings. The zero-order chi connectivity index (χ0) is 37.3. The summed E-state index contributed by atoms with van der Waals surface area (Å²) < 4.78 is 0. The molecule has 0 aliphatic carbocycles. The second-order valence-corrected chi connectivity index (χ2v) is 10.1. The second-order valence-electron chi connectivity index (χ2n) is 10.1. The molecule has 31 heteroatoms. The lowest BCUT2D eigenvalue weighted by molar-refractivity contribution is 0.177. The molecule has 5 aromatic rings. The summed E-state index contributed by atoms with van der Waals surface area (Å²) in [6.07, 6.45) is 5.08. The number of carbonyl (C=O) groups excluding carboxylic acids is 5. The molecule has 0 unspecified atom stereocenters. The van der Waals surface area contributed by atoms with Crippen molar-refractivity contribution >= 4 is 59.9 Å². The van der Waals surface area contributed by atoms with Crippen LogP contribution < -0.4 is 37.2 Å². The van der Waals surface area contributed by atoms with E-state index in [2.05, 4.69) is 119 Å². The molecule has 5 rings (SSSR count). The van der Waals surface area contributed by atoms with Crippen LogP contribution in [0.3, 0.4) is 0 Å². The van der Waals surface area contributed by atoms with Crippen molar-refractivity contribution in [2.24, 2.45) is 0 Å². The number of hydrogen-bond donors (Lipinski definition) is 12. The number of tetrazole rings is 1. The minimum absolute atomic E-state index is 0.00450. The van der Waals surface area contributed by atoms with E-state index in [1.54, 1.807) is 0 Å². The van der Waals surface area contributed by atoms with Gasteiger partial charge in [0.2, 0.25) is 29.7 Å². The summed E-state index contributed by atoms with van der Waals surface area (Å²) in [5, 5.41) is 59.8. The Balaban J connectivity index is 1.24. The molecule has 0 atom stereocenters. The maximum absolute atomic E-state index is 13.5. The summed E-state index contributed by atoms with van der Waals surface area (Å²) in [7, 11) is 0. The summed E-state index contributed by atoms with van der Waals surface area (Å²) >= 11 is 0. The zero-order valence-corrected chi connectivity index (χ0v) is 27.3. The number of carbonyl (C=O) groups is 5. The molecule has 12 N–H and O–H groups in total. The van der Waals surface area contributed by atoms with Crippen LogP contribution in [0, 0.1) is 0 Å². The number of anilines is 5. The van der Waals surface area contributed by atoms with Gasteiger partial charge in [-0.25, -0.2) is 29.1 Å². The zero-order valence-electron chi connectivity index (χ0n) is 27.3. The van der Waals surface area contributed by atoms with E-state index in [0.29, 0.717) is 0 Å². The Morgan fingerprint density at radius 2 is 0.830 bits per heavy atom. The van der Waals surface area contributed by atoms with Crippen LogP contribution in [0.15, 0.2) is 25.3 Å². The van der Waals surface area contributed by atoms with Gasteiger partial charge in [0.1, 0.15) is 25.3 Å². The molecule has 0 aliphatic rings. The molecule has 0 saturated carbocycles. The molecule has 53 heavy (non-hydrogen) atoms. The first-order valence-corrected chi connectivity index (χ1v) is 15.3. The quantitative estimate of drug-likeness (QED) is 0.0458. The summed E-state index contributed by atoms with van der Waals surface area (Å²) in [6.45, 7) is -0.430. The van der Waals surface area contributed by atoms with E-state index < -0.39 is 30.2 Å². The van der Waals surface area contributed by atoms with E-state index in [9.17, 15) is 24.0 Å².